The third-order valence-electron chi connectivity index (χ3n) is 2.06. The predicted octanol–water partition coefficient (Wildman–Crippen LogP) is 1.37. The van der Waals surface area contributed by atoms with Crippen LogP contribution in [-0.2, 0) is 6.54 Å². The summed E-state index contributed by atoms with van der Waals surface area (Å²) in [6, 6.07) is 5.75. The number of nitrogens with zero attached hydrogens (tertiary/aromatic N) is 2. The maximum atomic E-state index is 8.88. The fraction of sp³-hybridized carbons (Fsp3) is 0.222. The van der Waals surface area contributed by atoms with Gasteiger partial charge >= 0.3 is 0 Å². The third kappa shape index (κ3) is 1.49. The van der Waals surface area contributed by atoms with E-state index in [0.717, 1.165) is 15.5 Å². The van der Waals surface area contributed by atoms with Gasteiger partial charge in [-0.1, -0.05) is 15.9 Å². The van der Waals surface area contributed by atoms with Gasteiger partial charge in [-0.15, -0.1) is 0 Å². The molecule has 0 saturated heterocycles. The highest BCUT2D eigenvalue weighted by Gasteiger charge is 2.07. The highest BCUT2D eigenvalue weighted by molar-refractivity contribution is 9.10. The lowest BCUT2D eigenvalue weighted by molar-refractivity contribution is 0.278. The lowest BCUT2D eigenvalue weighted by atomic mass is 10.3. The molecule has 0 saturated carbocycles. The van der Waals surface area contributed by atoms with Crippen LogP contribution in [0.5, 0.6) is 0 Å². The minimum absolute atomic E-state index is 0.0577. The van der Waals surface area contributed by atoms with Gasteiger partial charge in [0.05, 0.1) is 17.6 Å². The Bertz CT molecular complexity index is 466. The first-order chi connectivity index (χ1) is 6.72. The SMILES string of the molecule is Nc1nc2ccc(Br)cc2n1CCO. The number of aliphatic hydroxyl groups is 1. The number of aromatic nitrogens is 2. The second kappa shape index (κ2) is 3.59. The Kier molecular flexibility index (Phi) is 2.43. The van der Waals surface area contributed by atoms with Crippen molar-refractivity contribution in [3.05, 3.63) is 22.7 Å². The van der Waals surface area contributed by atoms with E-state index in [2.05, 4.69) is 20.9 Å². The molecule has 1 heterocycles. The normalized spacial score (nSPS) is 11.0. The Hall–Kier alpha value is -1.07. The molecule has 2 rings (SSSR count). The third-order valence-corrected chi connectivity index (χ3v) is 2.56. The summed E-state index contributed by atoms with van der Waals surface area (Å²) in [4.78, 5) is 4.18. The van der Waals surface area contributed by atoms with Gasteiger partial charge in [0, 0.05) is 11.0 Å². The summed E-state index contributed by atoms with van der Waals surface area (Å²) in [6.45, 7) is 0.529. The van der Waals surface area contributed by atoms with E-state index in [1.807, 2.05) is 18.2 Å². The standard InChI is InChI=1S/C9H10BrN3O/c10-6-1-2-7-8(5-6)13(3-4-14)9(11)12-7/h1-2,5,14H,3-4H2,(H2,11,12). The second-order valence-corrected chi connectivity index (χ2v) is 3.89. The molecule has 0 radical (unpaired) electrons. The molecule has 14 heavy (non-hydrogen) atoms. The minimum Gasteiger partial charge on any atom is -0.395 e. The Balaban J connectivity index is 2.66. The van der Waals surface area contributed by atoms with Crippen molar-refractivity contribution < 1.29 is 5.11 Å². The lowest BCUT2D eigenvalue weighted by Gasteiger charge is -2.02. The molecule has 2 aromatic rings. The zero-order valence-corrected chi connectivity index (χ0v) is 9.03. The van der Waals surface area contributed by atoms with Crippen molar-refractivity contribution in [3.63, 3.8) is 0 Å². The largest absolute Gasteiger partial charge is 0.395 e. The molecular formula is C9H10BrN3O. The summed E-state index contributed by atoms with van der Waals surface area (Å²) < 4.78 is 2.77. The van der Waals surface area contributed by atoms with Gasteiger partial charge in [0.2, 0.25) is 5.95 Å². The molecule has 0 unspecified atom stereocenters. The number of imidazole rings is 1. The van der Waals surface area contributed by atoms with Crippen LogP contribution in [0.4, 0.5) is 5.95 Å². The van der Waals surface area contributed by atoms with Crippen LogP contribution in [0.15, 0.2) is 22.7 Å². The van der Waals surface area contributed by atoms with Gasteiger partial charge in [0.15, 0.2) is 0 Å². The summed E-state index contributed by atoms with van der Waals surface area (Å²) in [5.41, 5.74) is 7.50. The number of anilines is 1. The van der Waals surface area contributed by atoms with Gasteiger partial charge in [0.25, 0.3) is 0 Å². The molecule has 1 aromatic carbocycles. The summed E-state index contributed by atoms with van der Waals surface area (Å²) in [6.07, 6.45) is 0. The van der Waals surface area contributed by atoms with E-state index in [1.54, 1.807) is 4.57 Å². The molecule has 0 amide bonds. The molecule has 3 N–H and O–H groups in total. The molecule has 5 heteroatoms. The van der Waals surface area contributed by atoms with Gasteiger partial charge in [-0.25, -0.2) is 4.98 Å². The molecule has 0 aliphatic heterocycles. The predicted molar refractivity (Wildman–Crippen MR) is 58.9 cm³/mol. The van der Waals surface area contributed by atoms with E-state index in [0.29, 0.717) is 12.5 Å². The van der Waals surface area contributed by atoms with Crippen LogP contribution in [0.1, 0.15) is 0 Å². The topological polar surface area (TPSA) is 64.1 Å². The van der Waals surface area contributed by atoms with Crippen molar-refractivity contribution in [2.75, 3.05) is 12.3 Å². The van der Waals surface area contributed by atoms with E-state index < -0.39 is 0 Å². The molecule has 0 atom stereocenters. The minimum atomic E-state index is 0.0577. The number of fused-ring (bicyclic) bond motifs is 1. The van der Waals surface area contributed by atoms with E-state index in [1.165, 1.54) is 0 Å². The average molecular weight is 256 g/mol. The Morgan fingerprint density at radius 1 is 1.50 bits per heavy atom. The van der Waals surface area contributed by atoms with Gasteiger partial charge in [0.1, 0.15) is 0 Å². The van der Waals surface area contributed by atoms with Gasteiger partial charge in [-0.2, -0.15) is 0 Å². The van der Waals surface area contributed by atoms with Gasteiger partial charge < -0.3 is 15.4 Å². The molecule has 1 aromatic heterocycles. The zero-order valence-electron chi connectivity index (χ0n) is 7.44. The molecule has 0 aliphatic rings. The van der Waals surface area contributed by atoms with Crippen molar-refractivity contribution in [3.8, 4) is 0 Å². The molecule has 0 bridgehead atoms. The van der Waals surface area contributed by atoms with Crippen LogP contribution in [0.25, 0.3) is 11.0 Å². The van der Waals surface area contributed by atoms with Crippen LogP contribution >= 0.6 is 15.9 Å². The number of hydrogen-bond donors (Lipinski definition) is 2. The molecule has 0 aliphatic carbocycles. The number of nitrogen functional groups attached to an aromatic ring is 1. The quantitative estimate of drug-likeness (QED) is 0.853. The zero-order chi connectivity index (χ0) is 10.1. The first kappa shape index (κ1) is 9.48. The summed E-state index contributed by atoms with van der Waals surface area (Å²) in [7, 11) is 0. The first-order valence-electron chi connectivity index (χ1n) is 4.24. The Labute approximate surface area is 89.5 Å². The first-order valence-corrected chi connectivity index (χ1v) is 5.04. The number of halogens is 1. The van der Waals surface area contributed by atoms with E-state index in [4.69, 9.17) is 10.8 Å². The van der Waals surface area contributed by atoms with E-state index in [-0.39, 0.29) is 6.61 Å². The smallest absolute Gasteiger partial charge is 0.201 e. The Morgan fingerprint density at radius 2 is 2.29 bits per heavy atom. The number of hydrogen-bond acceptors (Lipinski definition) is 3. The summed E-state index contributed by atoms with van der Waals surface area (Å²) in [5.74, 6) is 0.437. The van der Waals surface area contributed by atoms with Crippen molar-refractivity contribution in [2.24, 2.45) is 0 Å². The summed E-state index contributed by atoms with van der Waals surface area (Å²) in [5, 5.41) is 8.88. The maximum Gasteiger partial charge on any atom is 0.201 e. The van der Waals surface area contributed by atoms with Crippen LogP contribution in [0, 0.1) is 0 Å². The van der Waals surface area contributed by atoms with Crippen molar-refractivity contribution >= 4 is 32.9 Å². The Morgan fingerprint density at radius 3 is 3.00 bits per heavy atom. The molecule has 0 spiro atoms. The van der Waals surface area contributed by atoms with Crippen molar-refractivity contribution in [1.82, 2.24) is 9.55 Å². The van der Waals surface area contributed by atoms with Gasteiger partial charge in [-0.05, 0) is 18.2 Å². The lowest BCUT2D eigenvalue weighted by Crippen LogP contribution is -2.05. The molecule has 4 nitrogen and oxygen atoms in total. The molecule has 74 valence electrons. The van der Waals surface area contributed by atoms with Crippen LogP contribution in [0.3, 0.4) is 0 Å². The fourth-order valence-electron chi connectivity index (χ4n) is 1.45. The molecular weight excluding hydrogens is 246 g/mol. The van der Waals surface area contributed by atoms with Crippen LogP contribution < -0.4 is 5.73 Å². The monoisotopic (exact) mass is 255 g/mol. The van der Waals surface area contributed by atoms with Crippen molar-refractivity contribution in [1.29, 1.82) is 0 Å². The summed E-state index contributed by atoms with van der Waals surface area (Å²) >= 11 is 3.38. The second-order valence-electron chi connectivity index (χ2n) is 2.98. The maximum absolute atomic E-state index is 8.88. The van der Waals surface area contributed by atoms with E-state index >= 15 is 0 Å². The highest BCUT2D eigenvalue weighted by Crippen LogP contribution is 2.21. The van der Waals surface area contributed by atoms with Crippen molar-refractivity contribution in [2.45, 2.75) is 6.54 Å². The van der Waals surface area contributed by atoms with Crippen LogP contribution in [0.2, 0.25) is 0 Å². The van der Waals surface area contributed by atoms with Gasteiger partial charge in [-0.3, -0.25) is 0 Å². The number of nitrogens with two attached hydrogens (primary N) is 1. The molecule has 0 fully saturated rings. The van der Waals surface area contributed by atoms with E-state index in [9.17, 15) is 0 Å². The highest BCUT2D eigenvalue weighted by atomic mass is 79.9. The average Bonchev–Trinajstić information content (AvgIpc) is 2.45. The van der Waals surface area contributed by atoms with Crippen LogP contribution in [-0.4, -0.2) is 21.3 Å². The number of benzene rings is 1. The number of rotatable bonds is 2. The fourth-order valence-corrected chi connectivity index (χ4v) is 1.80. The number of aliphatic hydroxyl groups excluding tert-OH is 1.